The molecule has 2 atom stereocenters. The molecule has 1 amide bonds. The van der Waals surface area contributed by atoms with Crippen molar-refractivity contribution < 1.29 is 19.0 Å². The lowest BCUT2D eigenvalue weighted by atomic mass is 10.0. The largest absolute Gasteiger partial charge is 0.445 e. The summed E-state index contributed by atoms with van der Waals surface area (Å²) in [5.74, 6) is 0. The van der Waals surface area contributed by atoms with E-state index in [4.69, 9.17) is 14.2 Å². The Hall–Kier alpha value is -1.59. The first-order chi connectivity index (χ1) is 16.2. The van der Waals surface area contributed by atoms with E-state index in [1.807, 2.05) is 30.3 Å². The molecular formula is C28H49NO4. The Morgan fingerprint density at radius 2 is 1.33 bits per heavy atom. The maximum Gasteiger partial charge on any atom is 0.407 e. The number of carbonyl (C=O) groups is 1. The van der Waals surface area contributed by atoms with Crippen LogP contribution in [0.3, 0.4) is 0 Å². The van der Waals surface area contributed by atoms with Gasteiger partial charge in [0.2, 0.25) is 0 Å². The van der Waals surface area contributed by atoms with Gasteiger partial charge in [-0.2, -0.15) is 0 Å². The highest BCUT2D eigenvalue weighted by Crippen LogP contribution is 2.17. The van der Waals surface area contributed by atoms with Gasteiger partial charge in [0.15, 0.2) is 0 Å². The summed E-state index contributed by atoms with van der Waals surface area (Å²) in [6.45, 7) is 3.08. The van der Waals surface area contributed by atoms with E-state index in [1.165, 1.54) is 70.6 Å². The van der Waals surface area contributed by atoms with Crippen molar-refractivity contribution in [2.75, 3.05) is 20.8 Å². The van der Waals surface area contributed by atoms with Gasteiger partial charge < -0.3 is 19.5 Å². The monoisotopic (exact) mass is 463 g/mol. The quantitative estimate of drug-likeness (QED) is 0.193. The number of alkyl carbamates (subject to hydrolysis) is 1. The fraction of sp³-hybridized carbons (Fsp3) is 0.750. The van der Waals surface area contributed by atoms with E-state index in [0.717, 1.165) is 24.8 Å². The number of hydrogen-bond acceptors (Lipinski definition) is 4. The van der Waals surface area contributed by atoms with Gasteiger partial charge in [0.05, 0.1) is 12.2 Å². The molecule has 0 fully saturated rings. The highest BCUT2D eigenvalue weighted by molar-refractivity contribution is 5.67. The van der Waals surface area contributed by atoms with Crippen LogP contribution in [0.1, 0.15) is 102 Å². The van der Waals surface area contributed by atoms with Gasteiger partial charge in [0, 0.05) is 20.8 Å². The van der Waals surface area contributed by atoms with Crippen molar-refractivity contribution in [1.82, 2.24) is 5.32 Å². The van der Waals surface area contributed by atoms with E-state index >= 15 is 0 Å². The Morgan fingerprint density at radius 1 is 0.788 bits per heavy atom. The summed E-state index contributed by atoms with van der Waals surface area (Å²) in [6, 6.07) is 9.69. The normalized spacial score (nSPS) is 12.9. The summed E-state index contributed by atoms with van der Waals surface area (Å²) < 4.78 is 16.6. The lowest BCUT2D eigenvalue weighted by Gasteiger charge is -2.22. The number of carbonyl (C=O) groups excluding carboxylic acids is 1. The van der Waals surface area contributed by atoms with Crippen LogP contribution in [-0.4, -0.2) is 39.1 Å². The molecule has 1 aromatic rings. The molecule has 0 aliphatic carbocycles. The van der Waals surface area contributed by atoms with Crippen molar-refractivity contribution in [3.63, 3.8) is 0 Å². The second-order valence-electron chi connectivity index (χ2n) is 9.05. The van der Waals surface area contributed by atoms with Crippen molar-refractivity contribution in [2.45, 2.75) is 116 Å². The third kappa shape index (κ3) is 16.6. The summed E-state index contributed by atoms with van der Waals surface area (Å²) in [5, 5.41) is 2.82. The van der Waals surface area contributed by atoms with Crippen LogP contribution in [0.5, 0.6) is 0 Å². The number of benzene rings is 1. The van der Waals surface area contributed by atoms with Crippen LogP contribution in [0, 0.1) is 0 Å². The molecule has 0 radical (unpaired) electrons. The summed E-state index contributed by atoms with van der Waals surface area (Å²) in [7, 11) is 3.52. The average molecular weight is 464 g/mol. The molecule has 5 heteroatoms. The number of rotatable bonds is 21. The minimum absolute atomic E-state index is 0.0667. The molecule has 0 aliphatic heterocycles. The van der Waals surface area contributed by atoms with Crippen LogP contribution >= 0.6 is 0 Å². The Labute approximate surface area is 203 Å². The van der Waals surface area contributed by atoms with Gasteiger partial charge >= 0.3 is 6.09 Å². The van der Waals surface area contributed by atoms with Gasteiger partial charge in [-0.05, 0) is 24.8 Å². The molecule has 33 heavy (non-hydrogen) atoms. The number of ether oxygens (including phenoxy) is 3. The number of methoxy groups -OCH3 is 2. The molecule has 0 heterocycles. The average Bonchev–Trinajstić information content (AvgIpc) is 2.85. The van der Waals surface area contributed by atoms with E-state index in [-0.39, 0.29) is 18.8 Å². The lowest BCUT2D eigenvalue weighted by Crippen LogP contribution is -2.30. The van der Waals surface area contributed by atoms with E-state index in [1.54, 1.807) is 14.2 Å². The van der Waals surface area contributed by atoms with Crippen LogP contribution in [0.25, 0.3) is 0 Å². The van der Waals surface area contributed by atoms with Crippen molar-refractivity contribution in [3.05, 3.63) is 35.9 Å². The minimum Gasteiger partial charge on any atom is -0.445 e. The van der Waals surface area contributed by atoms with Gasteiger partial charge in [-0.1, -0.05) is 108 Å². The zero-order chi connectivity index (χ0) is 24.0. The molecule has 0 aliphatic rings. The van der Waals surface area contributed by atoms with Crippen LogP contribution < -0.4 is 5.32 Å². The first-order valence-corrected chi connectivity index (χ1v) is 13.2. The first-order valence-electron chi connectivity index (χ1n) is 13.2. The third-order valence-electron chi connectivity index (χ3n) is 6.27. The predicted octanol–water partition coefficient (Wildman–Crippen LogP) is 7.42. The topological polar surface area (TPSA) is 56.8 Å². The zero-order valence-corrected chi connectivity index (χ0v) is 21.5. The number of nitrogens with one attached hydrogen (secondary N) is 1. The molecule has 0 aromatic heterocycles. The smallest absolute Gasteiger partial charge is 0.407 e. The summed E-state index contributed by atoms with van der Waals surface area (Å²) in [4.78, 5) is 11.9. The number of amides is 1. The molecule has 1 N–H and O–H groups in total. The third-order valence-corrected chi connectivity index (χ3v) is 6.27. The Balaban J connectivity index is 2.06. The highest BCUT2D eigenvalue weighted by Gasteiger charge is 2.16. The SMILES string of the molecule is CCCCCCCCCCCCCC(CC(CCNC(=O)OCc1ccccc1)OC)OC. The molecular weight excluding hydrogens is 414 g/mol. The van der Waals surface area contributed by atoms with Crippen LogP contribution in [0.2, 0.25) is 0 Å². The molecule has 0 bridgehead atoms. The Kier molecular flexibility index (Phi) is 18.7. The minimum atomic E-state index is -0.391. The van der Waals surface area contributed by atoms with Gasteiger partial charge in [-0.25, -0.2) is 4.79 Å². The molecule has 1 aromatic carbocycles. The van der Waals surface area contributed by atoms with E-state index < -0.39 is 6.09 Å². The van der Waals surface area contributed by atoms with Gasteiger partial charge in [0.25, 0.3) is 0 Å². The number of unbranched alkanes of at least 4 members (excludes halogenated alkanes) is 10. The lowest BCUT2D eigenvalue weighted by molar-refractivity contribution is 0.0145. The van der Waals surface area contributed by atoms with Crippen molar-refractivity contribution in [2.24, 2.45) is 0 Å². The number of hydrogen-bond donors (Lipinski definition) is 1. The standard InChI is InChI=1S/C28H49NO4/c1-4-5-6-7-8-9-10-11-12-13-17-20-26(31-2)23-27(32-3)21-22-29-28(30)33-24-25-18-15-14-16-19-25/h14-16,18-19,26-27H,4-13,17,20-24H2,1-3H3,(H,29,30). The summed E-state index contributed by atoms with van der Waals surface area (Å²) in [5.41, 5.74) is 0.979. The van der Waals surface area contributed by atoms with Crippen LogP contribution in [0.15, 0.2) is 30.3 Å². The fourth-order valence-electron chi connectivity index (χ4n) is 4.10. The zero-order valence-electron chi connectivity index (χ0n) is 21.5. The van der Waals surface area contributed by atoms with Gasteiger partial charge in [0.1, 0.15) is 6.61 Å². The van der Waals surface area contributed by atoms with E-state index in [2.05, 4.69) is 12.2 Å². The molecule has 0 spiro atoms. The molecule has 0 saturated heterocycles. The second kappa shape index (κ2) is 21.0. The van der Waals surface area contributed by atoms with E-state index in [0.29, 0.717) is 6.54 Å². The highest BCUT2D eigenvalue weighted by atomic mass is 16.5. The first kappa shape index (κ1) is 29.4. The molecule has 190 valence electrons. The Bertz CT molecular complexity index is 566. The molecule has 1 rings (SSSR count). The Morgan fingerprint density at radius 3 is 1.91 bits per heavy atom. The summed E-state index contributed by atoms with van der Waals surface area (Å²) in [6.07, 6.45) is 17.4. The molecule has 5 nitrogen and oxygen atoms in total. The maximum atomic E-state index is 11.9. The van der Waals surface area contributed by atoms with Crippen molar-refractivity contribution in [1.29, 1.82) is 0 Å². The molecule has 0 saturated carbocycles. The van der Waals surface area contributed by atoms with Gasteiger partial charge in [-0.15, -0.1) is 0 Å². The van der Waals surface area contributed by atoms with Crippen LogP contribution in [0.4, 0.5) is 4.79 Å². The fourth-order valence-corrected chi connectivity index (χ4v) is 4.10. The van der Waals surface area contributed by atoms with Crippen molar-refractivity contribution >= 4 is 6.09 Å². The van der Waals surface area contributed by atoms with Crippen LogP contribution in [-0.2, 0) is 20.8 Å². The van der Waals surface area contributed by atoms with Gasteiger partial charge in [-0.3, -0.25) is 0 Å². The molecule has 2 unspecified atom stereocenters. The maximum absolute atomic E-state index is 11.9. The summed E-state index contributed by atoms with van der Waals surface area (Å²) >= 11 is 0. The predicted molar refractivity (Wildman–Crippen MR) is 137 cm³/mol. The van der Waals surface area contributed by atoms with Crippen molar-refractivity contribution in [3.8, 4) is 0 Å². The van der Waals surface area contributed by atoms with E-state index in [9.17, 15) is 4.79 Å². The second-order valence-corrected chi connectivity index (χ2v) is 9.05.